The van der Waals surface area contributed by atoms with Gasteiger partial charge in [-0.1, -0.05) is 23.7 Å². The lowest BCUT2D eigenvalue weighted by atomic mass is 9.97. The van der Waals surface area contributed by atoms with Gasteiger partial charge in [-0.05, 0) is 87.4 Å². The van der Waals surface area contributed by atoms with E-state index in [4.69, 9.17) is 31.7 Å². The smallest absolute Gasteiger partial charge is 0.321 e. The highest BCUT2D eigenvalue weighted by molar-refractivity contribution is 6.30. The van der Waals surface area contributed by atoms with Crippen molar-refractivity contribution >= 4 is 47.0 Å². The van der Waals surface area contributed by atoms with Gasteiger partial charge in [0.2, 0.25) is 17.8 Å². The van der Waals surface area contributed by atoms with E-state index in [1.165, 1.54) is 12.8 Å². The average molecular weight is 599 g/mol. The summed E-state index contributed by atoms with van der Waals surface area (Å²) in [4.78, 5) is 31.8. The van der Waals surface area contributed by atoms with Gasteiger partial charge in [-0.2, -0.15) is 20.1 Å². The predicted octanol–water partition coefficient (Wildman–Crippen LogP) is 5.97. The molecule has 4 aromatic rings. The minimum absolute atomic E-state index is 0.291. The molecule has 0 radical (unpaired) electrons. The van der Waals surface area contributed by atoms with Crippen LogP contribution >= 0.6 is 11.6 Å². The zero-order valence-corrected chi connectivity index (χ0v) is 24.9. The highest BCUT2D eigenvalue weighted by atomic mass is 35.5. The zero-order chi connectivity index (χ0) is 29.3. The van der Waals surface area contributed by atoms with Crippen molar-refractivity contribution < 1.29 is 4.79 Å². The van der Waals surface area contributed by atoms with Crippen molar-refractivity contribution in [3.8, 4) is 5.69 Å². The number of rotatable bonds is 6. The first-order chi connectivity index (χ1) is 21.0. The summed E-state index contributed by atoms with van der Waals surface area (Å²) < 4.78 is 1.77. The second kappa shape index (κ2) is 11.7. The van der Waals surface area contributed by atoms with E-state index in [-0.39, 0.29) is 12.1 Å². The molecule has 2 saturated heterocycles. The Morgan fingerprint density at radius 3 is 2.14 bits per heavy atom. The number of halogens is 1. The topological polar surface area (TPSA) is 116 Å². The number of carbonyl (C=O) groups excluding carboxylic acids is 1. The largest absolute Gasteiger partial charge is 0.341 e. The Balaban J connectivity index is 1.17. The molecule has 2 aromatic heterocycles. The van der Waals surface area contributed by atoms with Crippen LogP contribution in [0.2, 0.25) is 5.02 Å². The number of fused-ring (bicyclic) bond motifs is 1. The van der Waals surface area contributed by atoms with Crippen LogP contribution in [0.3, 0.4) is 0 Å². The molecule has 3 aliphatic rings. The summed E-state index contributed by atoms with van der Waals surface area (Å²) in [6.07, 6.45) is 7.12. The van der Waals surface area contributed by atoms with Gasteiger partial charge < -0.3 is 20.4 Å². The third kappa shape index (κ3) is 5.69. The van der Waals surface area contributed by atoms with E-state index in [0.29, 0.717) is 16.8 Å². The summed E-state index contributed by atoms with van der Waals surface area (Å²) in [7, 11) is 0. The van der Waals surface area contributed by atoms with Crippen LogP contribution in [0.4, 0.5) is 34.1 Å². The van der Waals surface area contributed by atoms with Crippen LogP contribution < -0.4 is 25.8 Å². The van der Waals surface area contributed by atoms with Crippen LogP contribution in [0, 0.1) is 6.92 Å². The normalized spacial score (nSPS) is 18.6. The highest BCUT2D eigenvalue weighted by Crippen LogP contribution is 2.36. The Morgan fingerprint density at radius 2 is 1.51 bits per heavy atom. The number of nitrogens with zero attached hydrogens (tertiary/aromatic N) is 7. The monoisotopic (exact) mass is 598 g/mol. The van der Waals surface area contributed by atoms with Crippen molar-refractivity contribution in [3.63, 3.8) is 0 Å². The van der Waals surface area contributed by atoms with Gasteiger partial charge in [-0.3, -0.25) is 5.32 Å². The second-order valence-electron chi connectivity index (χ2n) is 11.4. The van der Waals surface area contributed by atoms with Crippen molar-refractivity contribution in [3.05, 3.63) is 70.4 Å². The predicted molar refractivity (Wildman–Crippen MR) is 169 cm³/mol. The van der Waals surface area contributed by atoms with Gasteiger partial charge in [0.1, 0.15) is 5.82 Å². The highest BCUT2D eigenvalue weighted by Gasteiger charge is 2.32. The van der Waals surface area contributed by atoms with Gasteiger partial charge in [0.15, 0.2) is 0 Å². The molecule has 0 saturated carbocycles. The lowest BCUT2D eigenvalue weighted by molar-refractivity contribution is 0.249. The lowest BCUT2D eigenvalue weighted by Crippen LogP contribution is -2.38. The van der Waals surface area contributed by atoms with Crippen LogP contribution in [-0.4, -0.2) is 56.9 Å². The number of urea groups is 1. The van der Waals surface area contributed by atoms with Gasteiger partial charge >= 0.3 is 6.03 Å². The summed E-state index contributed by atoms with van der Waals surface area (Å²) in [5.41, 5.74) is 4.29. The molecule has 3 N–H and O–H groups in total. The summed E-state index contributed by atoms with van der Waals surface area (Å²) in [5.74, 6) is 2.67. The Kier molecular flexibility index (Phi) is 7.48. The van der Waals surface area contributed by atoms with Crippen molar-refractivity contribution in [1.82, 2.24) is 30.0 Å². The summed E-state index contributed by atoms with van der Waals surface area (Å²) in [5, 5.41) is 14.8. The van der Waals surface area contributed by atoms with Crippen molar-refractivity contribution in [1.29, 1.82) is 0 Å². The van der Waals surface area contributed by atoms with E-state index in [1.54, 1.807) is 4.68 Å². The molecule has 7 rings (SSSR count). The fourth-order valence-electron chi connectivity index (χ4n) is 6.17. The number of aromatic nitrogens is 5. The van der Waals surface area contributed by atoms with Gasteiger partial charge in [0.25, 0.3) is 0 Å². The SMILES string of the molecule is Cc1nn(-c2ccc(Nc3nc(N4CCCCC4)nc(N4CCCCC4)n3)cc2)c2c1C(c1cccc(Cl)c1)NC(=O)N2. The van der Waals surface area contributed by atoms with Gasteiger partial charge in [0, 0.05) is 42.5 Å². The molecule has 0 spiro atoms. The summed E-state index contributed by atoms with van der Waals surface area (Å²) >= 11 is 6.27. The van der Waals surface area contributed by atoms with Crippen LogP contribution in [0.5, 0.6) is 0 Å². The van der Waals surface area contributed by atoms with E-state index in [1.807, 2.05) is 55.5 Å². The molecule has 0 aliphatic carbocycles. The van der Waals surface area contributed by atoms with Gasteiger partial charge in [0.05, 0.1) is 17.4 Å². The molecule has 2 aromatic carbocycles. The summed E-state index contributed by atoms with van der Waals surface area (Å²) in [6.45, 7) is 5.82. The number of nitrogens with one attached hydrogen (secondary N) is 3. The first kappa shape index (κ1) is 27.5. The van der Waals surface area contributed by atoms with Gasteiger partial charge in [-0.15, -0.1) is 0 Å². The standard InChI is InChI=1S/C31H35ClN10O/c1-20-25-26(21-9-8-10-22(32)19-21)34-31(43)35-27(25)42(39-20)24-13-11-23(12-14-24)33-28-36-29(40-15-4-2-5-16-40)38-30(37-28)41-17-6-3-7-18-41/h8-14,19,26H,2-7,15-18H2,1H3,(H2,34,35,43)(H,33,36,37,38). The van der Waals surface area contributed by atoms with E-state index in [9.17, 15) is 4.79 Å². The zero-order valence-electron chi connectivity index (χ0n) is 24.2. The maximum Gasteiger partial charge on any atom is 0.321 e. The molecular formula is C31H35ClN10O. The molecule has 222 valence electrons. The van der Waals surface area contributed by atoms with E-state index < -0.39 is 0 Å². The quantitative estimate of drug-likeness (QED) is 0.249. The third-order valence-corrected chi connectivity index (χ3v) is 8.58. The molecule has 2 amide bonds. The maximum absolute atomic E-state index is 12.7. The molecule has 2 fully saturated rings. The molecule has 0 bridgehead atoms. The van der Waals surface area contributed by atoms with E-state index in [2.05, 4.69) is 25.8 Å². The van der Waals surface area contributed by atoms with E-state index in [0.717, 1.165) is 92.0 Å². The molecule has 12 heteroatoms. The number of anilines is 5. The van der Waals surface area contributed by atoms with Gasteiger partial charge in [-0.25, -0.2) is 9.48 Å². The van der Waals surface area contributed by atoms with Crippen LogP contribution in [0.1, 0.15) is 61.4 Å². The fourth-order valence-corrected chi connectivity index (χ4v) is 6.37. The fraction of sp³-hybridized carbons (Fsp3) is 0.387. The first-order valence-electron chi connectivity index (χ1n) is 15.1. The van der Waals surface area contributed by atoms with Crippen LogP contribution in [0.15, 0.2) is 48.5 Å². The Morgan fingerprint density at radius 1 is 0.860 bits per heavy atom. The lowest BCUT2D eigenvalue weighted by Gasteiger charge is -2.30. The number of hydrogen-bond acceptors (Lipinski definition) is 8. The van der Waals surface area contributed by atoms with Crippen LogP contribution in [0.25, 0.3) is 5.69 Å². The number of aryl methyl sites for hydroxylation is 1. The molecule has 5 heterocycles. The second-order valence-corrected chi connectivity index (χ2v) is 11.8. The third-order valence-electron chi connectivity index (χ3n) is 8.34. The van der Waals surface area contributed by atoms with E-state index >= 15 is 0 Å². The number of piperidine rings is 2. The minimum Gasteiger partial charge on any atom is -0.341 e. The molecular weight excluding hydrogens is 564 g/mol. The average Bonchev–Trinajstić information content (AvgIpc) is 3.37. The maximum atomic E-state index is 12.7. The Hall–Kier alpha value is -4.38. The van der Waals surface area contributed by atoms with Crippen LogP contribution in [-0.2, 0) is 0 Å². The van der Waals surface area contributed by atoms with Crippen molar-refractivity contribution in [2.24, 2.45) is 0 Å². The number of carbonyl (C=O) groups is 1. The minimum atomic E-state index is -0.357. The number of amides is 2. The number of hydrogen-bond donors (Lipinski definition) is 3. The molecule has 3 aliphatic heterocycles. The Bertz CT molecular complexity index is 1590. The molecule has 1 atom stereocenters. The van der Waals surface area contributed by atoms with Crippen molar-refractivity contribution in [2.75, 3.05) is 46.6 Å². The first-order valence-corrected chi connectivity index (χ1v) is 15.5. The molecule has 11 nitrogen and oxygen atoms in total. The summed E-state index contributed by atoms with van der Waals surface area (Å²) in [6, 6.07) is 14.8. The van der Waals surface area contributed by atoms with Crippen molar-refractivity contribution in [2.45, 2.75) is 51.5 Å². The molecule has 43 heavy (non-hydrogen) atoms. The number of benzene rings is 2. The Labute approximate surface area is 255 Å². The molecule has 1 unspecified atom stereocenters.